The van der Waals surface area contributed by atoms with Crippen LogP contribution in [0, 0.1) is 5.92 Å². The van der Waals surface area contributed by atoms with Crippen molar-refractivity contribution < 1.29 is 4.79 Å². The molecule has 0 aromatic heterocycles. The minimum Gasteiger partial charge on any atom is -0.345 e. The molecule has 0 atom stereocenters. The number of hydrogen-bond donors (Lipinski definition) is 1. The van der Waals surface area contributed by atoms with E-state index < -0.39 is 0 Å². The Kier molecular flexibility index (Phi) is 4.85. The van der Waals surface area contributed by atoms with Crippen LogP contribution in [0.15, 0.2) is 0 Å². The third-order valence-electron chi connectivity index (χ3n) is 4.90. The van der Waals surface area contributed by atoms with Crippen molar-refractivity contribution >= 4 is 5.91 Å². The second kappa shape index (κ2) is 6.23. The van der Waals surface area contributed by atoms with E-state index in [-0.39, 0.29) is 11.4 Å². The Morgan fingerprint density at radius 1 is 1.32 bits per heavy atom. The predicted octanol–water partition coefficient (Wildman–Crippen LogP) is 1.45. The highest BCUT2D eigenvalue weighted by Crippen LogP contribution is 2.30. The maximum Gasteiger partial charge on any atom is 0.224 e. The Labute approximate surface area is 117 Å². The largest absolute Gasteiger partial charge is 0.345 e. The number of nitrogens with two attached hydrogens (primary N) is 1. The normalized spacial score (nSPS) is 24.6. The van der Waals surface area contributed by atoms with Gasteiger partial charge in [0.05, 0.1) is 0 Å². The van der Waals surface area contributed by atoms with Crippen LogP contribution in [-0.4, -0.2) is 55.0 Å². The highest BCUT2D eigenvalue weighted by Gasteiger charge is 2.33. The smallest absolute Gasteiger partial charge is 0.224 e. The molecule has 0 radical (unpaired) electrons. The highest BCUT2D eigenvalue weighted by atomic mass is 16.2. The molecule has 1 saturated heterocycles. The van der Waals surface area contributed by atoms with Gasteiger partial charge in [0.1, 0.15) is 0 Å². The number of rotatable bonds is 4. The molecule has 0 aromatic carbocycles. The fourth-order valence-corrected chi connectivity index (χ4v) is 3.43. The number of nitrogens with zero attached hydrogens (tertiary/aromatic N) is 2. The molecular formula is C15H29N3O. The van der Waals surface area contributed by atoms with Gasteiger partial charge in [-0.2, -0.15) is 0 Å². The van der Waals surface area contributed by atoms with E-state index in [0.717, 1.165) is 32.5 Å². The molecule has 1 amide bonds. The lowest BCUT2D eigenvalue weighted by molar-refractivity contribution is -0.131. The van der Waals surface area contributed by atoms with Gasteiger partial charge in [-0.05, 0) is 51.7 Å². The quantitative estimate of drug-likeness (QED) is 0.838. The number of carbonyl (C=O) groups is 1. The van der Waals surface area contributed by atoms with Crippen LogP contribution in [0.3, 0.4) is 0 Å². The molecule has 0 spiro atoms. The summed E-state index contributed by atoms with van der Waals surface area (Å²) in [7, 11) is 4.11. The summed E-state index contributed by atoms with van der Waals surface area (Å²) in [5, 5.41) is 0. The minimum atomic E-state index is -0.210. The van der Waals surface area contributed by atoms with E-state index >= 15 is 0 Å². The third kappa shape index (κ3) is 4.18. The van der Waals surface area contributed by atoms with Crippen molar-refractivity contribution in [1.82, 2.24) is 9.80 Å². The van der Waals surface area contributed by atoms with Gasteiger partial charge in [-0.15, -0.1) is 0 Å². The van der Waals surface area contributed by atoms with Crippen molar-refractivity contribution in [2.45, 2.75) is 50.5 Å². The Hall–Kier alpha value is -0.610. The highest BCUT2D eigenvalue weighted by molar-refractivity contribution is 5.77. The summed E-state index contributed by atoms with van der Waals surface area (Å²) in [5.74, 6) is 0.908. The molecule has 0 aromatic rings. The van der Waals surface area contributed by atoms with Gasteiger partial charge < -0.3 is 15.5 Å². The average molecular weight is 267 g/mol. The maximum atomic E-state index is 12.3. The predicted molar refractivity (Wildman–Crippen MR) is 77.9 cm³/mol. The summed E-state index contributed by atoms with van der Waals surface area (Å²) in [6.07, 6.45) is 7.35. The van der Waals surface area contributed by atoms with Crippen LogP contribution >= 0.6 is 0 Å². The van der Waals surface area contributed by atoms with Crippen molar-refractivity contribution in [2.75, 3.05) is 33.7 Å². The van der Waals surface area contributed by atoms with E-state index in [1.165, 1.54) is 25.7 Å². The minimum absolute atomic E-state index is 0.210. The zero-order valence-electron chi connectivity index (χ0n) is 12.5. The van der Waals surface area contributed by atoms with Gasteiger partial charge in [-0.3, -0.25) is 4.79 Å². The van der Waals surface area contributed by atoms with Crippen molar-refractivity contribution in [3.05, 3.63) is 0 Å². The van der Waals surface area contributed by atoms with E-state index in [4.69, 9.17) is 5.73 Å². The standard InChI is InChI=1S/C15H29N3O/c1-17-9-5-13(6-10-17)12-18(2)14(19)11-15(16)7-3-4-8-15/h13H,3-12,16H2,1-2H3. The number of hydrogen-bond acceptors (Lipinski definition) is 3. The SMILES string of the molecule is CN1CCC(CN(C)C(=O)CC2(N)CCCC2)CC1. The molecule has 2 rings (SSSR count). The molecule has 1 saturated carbocycles. The fraction of sp³-hybridized carbons (Fsp3) is 0.933. The van der Waals surface area contributed by atoms with E-state index in [0.29, 0.717) is 12.3 Å². The van der Waals surface area contributed by atoms with Crippen molar-refractivity contribution in [3.8, 4) is 0 Å². The van der Waals surface area contributed by atoms with Crippen LogP contribution in [0.5, 0.6) is 0 Å². The van der Waals surface area contributed by atoms with E-state index in [9.17, 15) is 4.79 Å². The van der Waals surface area contributed by atoms with Crippen LogP contribution in [0.4, 0.5) is 0 Å². The first kappa shape index (κ1) is 14.8. The fourth-order valence-electron chi connectivity index (χ4n) is 3.43. The Balaban J connectivity index is 1.76. The zero-order valence-corrected chi connectivity index (χ0v) is 12.5. The van der Waals surface area contributed by atoms with E-state index in [1.54, 1.807) is 0 Å². The number of carbonyl (C=O) groups excluding carboxylic acids is 1. The topological polar surface area (TPSA) is 49.6 Å². The number of amides is 1. The summed E-state index contributed by atoms with van der Waals surface area (Å²) in [6.45, 7) is 3.23. The Morgan fingerprint density at radius 2 is 1.89 bits per heavy atom. The lowest BCUT2D eigenvalue weighted by atomic mass is 9.93. The summed E-state index contributed by atoms with van der Waals surface area (Å²) in [4.78, 5) is 16.6. The Morgan fingerprint density at radius 3 is 2.47 bits per heavy atom. The average Bonchev–Trinajstić information content (AvgIpc) is 2.78. The summed E-state index contributed by atoms with van der Waals surface area (Å²) < 4.78 is 0. The molecule has 2 N–H and O–H groups in total. The van der Waals surface area contributed by atoms with Crippen LogP contribution in [0.25, 0.3) is 0 Å². The molecule has 0 unspecified atom stereocenters. The van der Waals surface area contributed by atoms with Crippen molar-refractivity contribution in [3.63, 3.8) is 0 Å². The van der Waals surface area contributed by atoms with Gasteiger partial charge in [0.25, 0.3) is 0 Å². The molecule has 2 fully saturated rings. The lowest BCUT2D eigenvalue weighted by Crippen LogP contribution is -2.44. The second-order valence-electron chi connectivity index (χ2n) is 6.77. The number of piperidine rings is 1. The second-order valence-corrected chi connectivity index (χ2v) is 6.77. The molecule has 4 nitrogen and oxygen atoms in total. The van der Waals surface area contributed by atoms with Crippen LogP contribution < -0.4 is 5.73 Å². The first-order chi connectivity index (χ1) is 8.98. The lowest BCUT2D eigenvalue weighted by Gasteiger charge is -2.33. The third-order valence-corrected chi connectivity index (χ3v) is 4.90. The monoisotopic (exact) mass is 267 g/mol. The van der Waals surface area contributed by atoms with Gasteiger partial charge >= 0.3 is 0 Å². The Bertz CT molecular complexity index is 305. The molecule has 19 heavy (non-hydrogen) atoms. The van der Waals surface area contributed by atoms with Crippen LogP contribution in [0.2, 0.25) is 0 Å². The van der Waals surface area contributed by atoms with Crippen LogP contribution in [0.1, 0.15) is 44.9 Å². The molecule has 1 aliphatic carbocycles. The van der Waals surface area contributed by atoms with Gasteiger partial charge in [0.15, 0.2) is 0 Å². The molecule has 0 bridgehead atoms. The summed E-state index contributed by atoms with van der Waals surface area (Å²) in [6, 6.07) is 0. The molecule has 110 valence electrons. The van der Waals surface area contributed by atoms with Crippen LogP contribution in [-0.2, 0) is 4.79 Å². The zero-order chi connectivity index (χ0) is 13.9. The molecule has 1 aliphatic heterocycles. The van der Waals surface area contributed by atoms with Gasteiger partial charge in [0.2, 0.25) is 5.91 Å². The van der Waals surface area contributed by atoms with E-state index in [1.807, 2.05) is 11.9 Å². The van der Waals surface area contributed by atoms with Gasteiger partial charge in [0, 0.05) is 25.6 Å². The molecule has 2 aliphatic rings. The molecule has 1 heterocycles. The van der Waals surface area contributed by atoms with Crippen molar-refractivity contribution in [1.29, 1.82) is 0 Å². The molecule has 4 heteroatoms. The molecular weight excluding hydrogens is 238 g/mol. The van der Waals surface area contributed by atoms with E-state index in [2.05, 4.69) is 11.9 Å². The summed E-state index contributed by atoms with van der Waals surface area (Å²) in [5.41, 5.74) is 6.08. The first-order valence-corrected chi connectivity index (χ1v) is 7.70. The number of likely N-dealkylation sites (tertiary alicyclic amines) is 1. The van der Waals surface area contributed by atoms with Crippen molar-refractivity contribution in [2.24, 2.45) is 11.7 Å². The summed E-state index contributed by atoms with van der Waals surface area (Å²) >= 11 is 0. The maximum absolute atomic E-state index is 12.3. The van der Waals surface area contributed by atoms with Gasteiger partial charge in [-0.25, -0.2) is 0 Å². The van der Waals surface area contributed by atoms with Gasteiger partial charge in [-0.1, -0.05) is 12.8 Å². The first-order valence-electron chi connectivity index (χ1n) is 7.70.